The van der Waals surface area contributed by atoms with Gasteiger partial charge in [0.15, 0.2) is 0 Å². The average molecular weight is 338 g/mol. The number of benzene rings is 1. The minimum absolute atomic E-state index is 0.122. The molecule has 2 rings (SSSR count). The number of hydrazone groups is 1. The van der Waals surface area contributed by atoms with Crippen molar-refractivity contribution in [2.45, 2.75) is 66.2 Å². The molecule has 2 aromatic rings. The van der Waals surface area contributed by atoms with Gasteiger partial charge in [0.2, 0.25) is 5.95 Å². The van der Waals surface area contributed by atoms with Gasteiger partial charge in [0.1, 0.15) is 0 Å². The van der Waals surface area contributed by atoms with Gasteiger partial charge in [-0.2, -0.15) is 5.10 Å². The van der Waals surface area contributed by atoms with Crippen molar-refractivity contribution in [3.63, 3.8) is 0 Å². The molecular formula is C21H30N4. The van der Waals surface area contributed by atoms with Crippen LogP contribution in [0.1, 0.15) is 70.5 Å². The third-order valence-corrected chi connectivity index (χ3v) is 4.17. The largest absolute Gasteiger partial charge is 0.245 e. The maximum Gasteiger partial charge on any atom is 0.243 e. The van der Waals surface area contributed by atoms with E-state index in [1.807, 2.05) is 6.92 Å². The van der Waals surface area contributed by atoms with Crippen molar-refractivity contribution in [3.8, 4) is 0 Å². The summed E-state index contributed by atoms with van der Waals surface area (Å²) in [5.41, 5.74) is 8.61. The summed E-state index contributed by atoms with van der Waals surface area (Å²) in [7, 11) is 0. The summed E-state index contributed by atoms with van der Waals surface area (Å²) in [5.74, 6) is 0.578. The summed E-state index contributed by atoms with van der Waals surface area (Å²) in [6.45, 7) is 12.9. The van der Waals surface area contributed by atoms with Crippen LogP contribution in [0, 0.1) is 0 Å². The van der Waals surface area contributed by atoms with E-state index in [9.17, 15) is 0 Å². The Morgan fingerprint density at radius 1 is 1.08 bits per heavy atom. The van der Waals surface area contributed by atoms with E-state index in [0.29, 0.717) is 5.95 Å². The first kappa shape index (κ1) is 19.1. The second-order valence-corrected chi connectivity index (χ2v) is 7.42. The zero-order valence-corrected chi connectivity index (χ0v) is 16.3. The molecule has 0 amide bonds. The highest BCUT2D eigenvalue weighted by Crippen LogP contribution is 2.23. The first-order chi connectivity index (χ1) is 11.8. The van der Waals surface area contributed by atoms with E-state index in [2.05, 4.69) is 85.4 Å². The van der Waals surface area contributed by atoms with Crippen LogP contribution in [0.15, 0.2) is 35.4 Å². The van der Waals surface area contributed by atoms with Crippen molar-refractivity contribution in [1.82, 2.24) is 9.97 Å². The zero-order chi connectivity index (χ0) is 18.4. The maximum atomic E-state index is 4.56. The lowest BCUT2D eigenvalue weighted by Crippen LogP contribution is -2.12. The normalized spacial score (nSPS) is 12.3. The number of aryl methyl sites for hydroxylation is 2. The molecule has 1 N–H and O–H groups in total. The Kier molecular flexibility index (Phi) is 6.29. The topological polar surface area (TPSA) is 50.2 Å². The SMILES string of the molecule is CCCc1cc(CC)nc(NN=C(C)c2cccc(C(C)(C)C)c2)n1. The monoisotopic (exact) mass is 338 g/mol. The molecule has 4 nitrogen and oxygen atoms in total. The van der Waals surface area contributed by atoms with Crippen LogP contribution < -0.4 is 5.43 Å². The Labute approximate surface area is 151 Å². The number of anilines is 1. The number of hydrogen-bond acceptors (Lipinski definition) is 4. The molecule has 0 aliphatic rings. The molecule has 0 unspecified atom stereocenters. The highest BCUT2D eigenvalue weighted by Gasteiger charge is 2.14. The molecule has 0 saturated carbocycles. The van der Waals surface area contributed by atoms with Crippen LogP contribution in [0.5, 0.6) is 0 Å². The molecule has 25 heavy (non-hydrogen) atoms. The summed E-state index contributed by atoms with van der Waals surface area (Å²) in [6.07, 6.45) is 2.92. The Morgan fingerprint density at radius 3 is 2.44 bits per heavy atom. The van der Waals surface area contributed by atoms with Crippen molar-refractivity contribution in [1.29, 1.82) is 0 Å². The van der Waals surface area contributed by atoms with Gasteiger partial charge in [-0.25, -0.2) is 15.4 Å². The number of nitrogens with zero attached hydrogens (tertiary/aromatic N) is 3. The van der Waals surface area contributed by atoms with Crippen LogP contribution in [0.25, 0.3) is 0 Å². The molecule has 0 fully saturated rings. The molecule has 0 saturated heterocycles. The van der Waals surface area contributed by atoms with Gasteiger partial charge in [-0.3, -0.25) is 0 Å². The Hall–Kier alpha value is -2.23. The number of hydrogen-bond donors (Lipinski definition) is 1. The Balaban J connectivity index is 2.22. The molecule has 0 radical (unpaired) electrons. The van der Waals surface area contributed by atoms with Crippen molar-refractivity contribution in [2.24, 2.45) is 5.10 Å². The van der Waals surface area contributed by atoms with Crippen molar-refractivity contribution < 1.29 is 0 Å². The first-order valence-corrected chi connectivity index (χ1v) is 9.11. The molecule has 0 aliphatic heterocycles. The summed E-state index contributed by atoms with van der Waals surface area (Å²) in [5, 5.41) is 4.51. The van der Waals surface area contributed by atoms with Gasteiger partial charge in [0.05, 0.1) is 5.71 Å². The average Bonchev–Trinajstić information content (AvgIpc) is 2.59. The lowest BCUT2D eigenvalue weighted by atomic mass is 9.86. The van der Waals surface area contributed by atoms with Gasteiger partial charge in [-0.15, -0.1) is 0 Å². The van der Waals surface area contributed by atoms with E-state index in [0.717, 1.165) is 41.9 Å². The smallest absolute Gasteiger partial charge is 0.243 e. The van der Waals surface area contributed by atoms with E-state index >= 15 is 0 Å². The van der Waals surface area contributed by atoms with Gasteiger partial charge >= 0.3 is 0 Å². The maximum absolute atomic E-state index is 4.56. The molecule has 1 aromatic carbocycles. The van der Waals surface area contributed by atoms with Crippen molar-refractivity contribution >= 4 is 11.7 Å². The predicted octanol–water partition coefficient (Wildman–Crippen LogP) is 5.13. The molecule has 0 atom stereocenters. The number of rotatable bonds is 6. The van der Waals surface area contributed by atoms with Crippen LogP contribution in [-0.2, 0) is 18.3 Å². The van der Waals surface area contributed by atoms with Crippen LogP contribution >= 0.6 is 0 Å². The molecule has 1 aromatic heterocycles. The number of aromatic nitrogens is 2. The van der Waals surface area contributed by atoms with Gasteiger partial charge in [-0.05, 0) is 48.4 Å². The lowest BCUT2D eigenvalue weighted by molar-refractivity contribution is 0.590. The summed E-state index contributed by atoms with van der Waals surface area (Å²) >= 11 is 0. The van der Waals surface area contributed by atoms with Crippen LogP contribution in [0.2, 0.25) is 0 Å². The standard InChI is InChI=1S/C21H30N4/c1-7-10-19-14-18(8-2)22-20(23-19)25-24-15(3)16-11-9-12-17(13-16)21(4,5)6/h9,11-14H,7-8,10H2,1-6H3,(H,22,23,25). The third-order valence-electron chi connectivity index (χ3n) is 4.17. The minimum Gasteiger partial charge on any atom is -0.245 e. The summed E-state index contributed by atoms with van der Waals surface area (Å²) < 4.78 is 0. The second kappa shape index (κ2) is 8.24. The molecule has 4 heteroatoms. The van der Waals surface area contributed by atoms with E-state index in [1.165, 1.54) is 5.56 Å². The summed E-state index contributed by atoms with van der Waals surface area (Å²) in [6, 6.07) is 10.6. The number of nitrogens with one attached hydrogen (secondary N) is 1. The first-order valence-electron chi connectivity index (χ1n) is 9.11. The highest BCUT2D eigenvalue weighted by atomic mass is 15.4. The van der Waals surface area contributed by atoms with E-state index in [4.69, 9.17) is 0 Å². The van der Waals surface area contributed by atoms with Gasteiger partial charge in [0, 0.05) is 11.4 Å². The van der Waals surface area contributed by atoms with Gasteiger partial charge < -0.3 is 0 Å². The lowest BCUT2D eigenvalue weighted by Gasteiger charge is -2.19. The fourth-order valence-electron chi connectivity index (χ4n) is 2.58. The molecular weight excluding hydrogens is 308 g/mol. The van der Waals surface area contributed by atoms with Gasteiger partial charge in [0.25, 0.3) is 0 Å². The Morgan fingerprint density at radius 2 is 1.80 bits per heavy atom. The fraction of sp³-hybridized carbons (Fsp3) is 0.476. The molecule has 0 spiro atoms. The molecule has 0 bridgehead atoms. The van der Waals surface area contributed by atoms with Gasteiger partial charge in [-0.1, -0.05) is 59.2 Å². The molecule has 134 valence electrons. The third kappa shape index (κ3) is 5.38. The van der Waals surface area contributed by atoms with Crippen molar-refractivity contribution in [2.75, 3.05) is 5.43 Å². The summed E-state index contributed by atoms with van der Waals surface area (Å²) in [4.78, 5) is 9.09. The van der Waals surface area contributed by atoms with Crippen molar-refractivity contribution in [3.05, 3.63) is 52.8 Å². The Bertz CT molecular complexity index is 742. The fourth-order valence-corrected chi connectivity index (χ4v) is 2.58. The minimum atomic E-state index is 0.122. The second-order valence-electron chi connectivity index (χ2n) is 7.42. The predicted molar refractivity (Wildman–Crippen MR) is 106 cm³/mol. The van der Waals surface area contributed by atoms with Crippen LogP contribution in [-0.4, -0.2) is 15.7 Å². The van der Waals surface area contributed by atoms with Crippen LogP contribution in [0.3, 0.4) is 0 Å². The zero-order valence-electron chi connectivity index (χ0n) is 16.3. The van der Waals surface area contributed by atoms with E-state index in [1.54, 1.807) is 0 Å². The van der Waals surface area contributed by atoms with E-state index in [-0.39, 0.29) is 5.41 Å². The van der Waals surface area contributed by atoms with Crippen LogP contribution in [0.4, 0.5) is 5.95 Å². The molecule has 0 aliphatic carbocycles. The highest BCUT2D eigenvalue weighted by molar-refractivity contribution is 5.99. The van der Waals surface area contributed by atoms with E-state index < -0.39 is 0 Å². The molecule has 1 heterocycles. The quantitative estimate of drug-likeness (QED) is 0.587.